The molecule has 18 heavy (non-hydrogen) atoms. The molecule has 2 rings (SSSR count). The first-order chi connectivity index (χ1) is 8.68. The average Bonchev–Trinajstić information content (AvgIpc) is 2.64. The largest absolute Gasteiger partial charge is 0.387 e. The zero-order chi connectivity index (χ0) is 13.0. The van der Waals surface area contributed by atoms with Crippen molar-refractivity contribution in [1.29, 1.82) is 5.26 Å². The maximum atomic E-state index is 10.6. The number of rotatable bonds is 2. The molecule has 96 valence electrons. The number of hydrogen-bond donors (Lipinski definition) is 1. The maximum Gasteiger partial charge on any atom is 0.0976 e. The summed E-state index contributed by atoms with van der Waals surface area (Å²) >= 11 is 0. The molecule has 1 aliphatic carbocycles. The lowest BCUT2D eigenvalue weighted by Crippen LogP contribution is -2.27. The molecule has 0 radical (unpaired) electrons. The quantitative estimate of drug-likeness (QED) is 0.801. The van der Waals surface area contributed by atoms with Gasteiger partial charge in [0.25, 0.3) is 0 Å². The van der Waals surface area contributed by atoms with Crippen LogP contribution < -0.4 is 0 Å². The summed E-state index contributed by atoms with van der Waals surface area (Å²) in [6.07, 6.45) is 5.46. The minimum atomic E-state index is -0.652. The average molecular weight is 243 g/mol. The van der Waals surface area contributed by atoms with Gasteiger partial charge in [-0.05, 0) is 25.3 Å². The molecule has 0 aromatic heterocycles. The molecular formula is C16H21NO. The highest BCUT2D eigenvalue weighted by molar-refractivity contribution is 5.27. The van der Waals surface area contributed by atoms with E-state index >= 15 is 0 Å². The third-order valence-corrected chi connectivity index (χ3v) is 4.10. The van der Waals surface area contributed by atoms with E-state index in [-0.39, 0.29) is 0 Å². The van der Waals surface area contributed by atoms with E-state index in [0.717, 1.165) is 36.8 Å². The fraction of sp³-hybridized carbons (Fsp3) is 0.562. The Morgan fingerprint density at radius 2 is 1.89 bits per heavy atom. The molecule has 1 N–H and O–H groups in total. The first kappa shape index (κ1) is 13.1. The number of aliphatic hydroxyl groups excluding tert-OH is 1. The molecule has 0 aliphatic heterocycles. The first-order valence-electron chi connectivity index (χ1n) is 6.84. The second kappa shape index (κ2) is 5.54. The summed E-state index contributed by atoms with van der Waals surface area (Å²) in [5.74, 6) is 0. The van der Waals surface area contributed by atoms with Gasteiger partial charge < -0.3 is 5.11 Å². The van der Waals surface area contributed by atoms with Crippen molar-refractivity contribution in [1.82, 2.24) is 0 Å². The van der Waals surface area contributed by atoms with Gasteiger partial charge in [0.15, 0.2) is 0 Å². The summed E-state index contributed by atoms with van der Waals surface area (Å²) < 4.78 is 0. The van der Waals surface area contributed by atoms with Crippen molar-refractivity contribution < 1.29 is 5.11 Å². The van der Waals surface area contributed by atoms with Gasteiger partial charge in [0.05, 0.1) is 17.6 Å². The normalized spacial score (nSPS) is 20.7. The van der Waals surface area contributed by atoms with Gasteiger partial charge in [-0.2, -0.15) is 5.26 Å². The van der Waals surface area contributed by atoms with E-state index in [0.29, 0.717) is 0 Å². The molecular weight excluding hydrogens is 222 g/mol. The Morgan fingerprint density at radius 1 is 1.22 bits per heavy atom. The van der Waals surface area contributed by atoms with Gasteiger partial charge in [0.1, 0.15) is 0 Å². The maximum absolute atomic E-state index is 10.6. The van der Waals surface area contributed by atoms with Gasteiger partial charge in [0.2, 0.25) is 0 Å². The van der Waals surface area contributed by atoms with E-state index in [9.17, 15) is 10.4 Å². The Hall–Kier alpha value is -1.33. The number of aryl methyl sites for hydroxylation is 1. The summed E-state index contributed by atoms with van der Waals surface area (Å²) in [5.41, 5.74) is 1.44. The predicted molar refractivity (Wildman–Crippen MR) is 71.9 cm³/mol. The Labute approximate surface area is 109 Å². The van der Waals surface area contributed by atoms with Crippen LogP contribution in [0.2, 0.25) is 0 Å². The number of aliphatic hydroxyl groups is 1. The van der Waals surface area contributed by atoms with Crippen LogP contribution in [0.3, 0.4) is 0 Å². The lowest BCUT2D eigenvalue weighted by molar-refractivity contribution is 0.0516. The van der Waals surface area contributed by atoms with Crippen LogP contribution >= 0.6 is 0 Å². The number of benzene rings is 1. The number of nitriles is 1. The van der Waals surface area contributed by atoms with Gasteiger partial charge in [-0.15, -0.1) is 0 Å². The van der Waals surface area contributed by atoms with E-state index in [1.165, 1.54) is 12.8 Å². The standard InChI is InChI=1S/C16H21NO/c1-13-7-6-8-14(11-13)15(18)16(12-17)9-4-2-3-5-10-16/h6-8,11,15,18H,2-5,9-10H2,1H3. The molecule has 1 fully saturated rings. The Kier molecular flexibility index (Phi) is 4.04. The molecule has 0 heterocycles. The van der Waals surface area contributed by atoms with Crippen molar-refractivity contribution >= 4 is 0 Å². The lowest BCUT2D eigenvalue weighted by atomic mass is 9.74. The van der Waals surface area contributed by atoms with Crippen LogP contribution in [0.5, 0.6) is 0 Å². The van der Waals surface area contributed by atoms with Crippen molar-refractivity contribution in [2.75, 3.05) is 0 Å². The highest BCUT2D eigenvalue weighted by atomic mass is 16.3. The van der Waals surface area contributed by atoms with Crippen molar-refractivity contribution in [2.45, 2.75) is 51.6 Å². The van der Waals surface area contributed by atoms with E-state index in [1.54, 1.807) is 0 Å². The van der Waals surface area contributed by atoms with Crippen LogP contribution in [0.1, 0.15) is 55.8 Å². The van der Waals surface area contributed by atoms with Crippen LogP contribution in [0.15, 0.2) is 24.3 Å². The lowest BCUT2D eigenvalue weighted by Gasteiger charge is -2.31. The fourth-order valence-corrected chi connectivity index (χ4v) is 2.97. The zero-order valence-corrected chi connectivity index (χ0v) is 11.0. The number of nitrogens with zero attached hydrogens (tertiary/aromatic N) is 1. The second-order valence-electron chi connectivity index (χ2n) is 5.50. The Bertz CT molecular complexity index is 439. The second-order valence-corrected chi connectivity index (χ2v) is 5.50. The highest BCUT2D eigenvalue weighted by Crippen LogP contribution is 2.44. The molecule has 1 saturated carbocycles. The molecule has 1 aromatic rings. The summed E-state index contributed by atoms with van der Waals surface area (Å²) in [7, 11) is 0. The van der Waals surface area contributed by atoms with E-state index < -0.39 is 11.5 Å². The van der Waals surface area contributed by atoms with Crippen LogP contribution in [0.25, 0.3) is 0 Å². The zero-order valence-electron chi connectivity index (χ0n) is 11.0. The molecule has 0 amide bonds. The Balaban J connectivity index is 2.29. The van der Waals surface area contributed by atoms with Crippen molar-refractivity contribution in [2.24, 2.45) is 5.41 Å². The molecule has 1 atom stereocenters. The van der Waals surface area contributed by atoms with Crippen LogP contribution in [0.4, 0.5) is 0 Å². The van der Waals surface area contributed by atoms with Crippen molar-refractivity contribution in [3.8, 4) is 6.07 Å². The Morgan fingerprint density at radius 3 is 2.44 bits per heavy atom. The smallest absolute Gasteiger partial charge is 0.0976 e. The summed E-state index contributed by atoms with van der Waals surface area (Å²) in [6.45, 7) is 2.02. The number of hydrogen-bond acceptors (Lipinski definition) is 2. The molecule has 1 aliphatic rings. The molecule has 0 saturated heterocycles. The van der Waals surface area contributed by atoms with Crippen molar-refractivity contribution in [3.05, 3.63) is 35.4 Å². The minimum absolute atomic E-state index is 0.579. The van der Waals surface area contributed by atoms with Crippen LogP contribution in [0, 0.1) is 23.7 Å². The topological polar surface area (TPSA) is 44.0 Å². The molecule has 2 heteroatoms. The fourth-order valence-electron chi connectivity index (χ4n) is 2.97. The molecule has 0 spiro atoms. The molecule has 0 bridgehead atoms. The van der Waals surface area contributed by atoms with Gasteiger partial charge in [-0.25, -0.2) is 0 Å². The van der Waals surface area contributed by atoms with Gasteiger partial charge in [-0.1, -0.05) is 55.5 Å². The first-order valence-corrected chi connectivity index (χ1v) is 6.84. The van der Waals surface area contributed by atoms with Crippen LogP contribution in [-0.4, -0.2) is 5.11 Å². The van der Waals surface area contributed by atoms with E-state index in [4.69, 9.17) is 0 Å². The molecule has 1 aromatic carbocycles. The SMILES string of the molecule is Cc1cccc(C(O)C2(C#N)CCCCCC2)c1. The highest BCUT2D eigenvalue weighted by Gasteiger charge is 2.39. The van der Waals surface area contributed by atoms with E-state index in [2.05, 4.69) is 6.07 Å². The predicted octanol–water partition coefficient (Wildman–Crippen LogP) is 3.89. The summed E-state index contributed by atoms with van der Waals surface area (Å²) in [6, 6.07) is 10.3. The monoisotopic (exact) mass is 243 g/mol. The van der Waals surface area contributed by atoms with E-state index in [1.807, 2.05) is 31.2 Å². The van der Waals surface area contributed by atoms with Gasteiger partial charge in [-0.3, -0.25) is 0 Å². The van der Waals surface area contributed by atoms with Crippen LogP contribution in [-0.2, 0) is 0 Å². The van der Waals surface area contributed by atoms with Gasteiger partial charge >= 0.3 is 0 Å². The van der Waals surface area contributed by atoms with Crippen molar-refractivity contribution in [3.63, 3.8) is 0 Å². The summed E-state index contributed by atoms with van der Waals surface area (Å²) in [4.78, 5) is 0. The summed E-state index contributed by atoms with van der Waals surface area (Å²) in [5, 5.41) is 20.2. The minimum Gasteiger partial charge on any atom is -0.387 e. The molecule has 1 unspecified atom stereocenters. The van der Waals surface area contributed by atoms with Gasteiger partial charge in [0, 0.05) is 0 Å². The molecule has 2 nitrogen and oxygen atoms in total. The third kappa shape index (κ3) is 2.57. The third-order valence-electron chi connectivity index (χ3n) is 4.10.